The van der Waals surface area contributed by atoms with Gasteiger partial charge in [0, 0.05) is 18.1 Å². The van der Waals surface area contributed by atoms with Gasteiger partial charge in [-0.25, -0.2) is 4.79 Å². The monoisotopic (exact) mass is 311 g/mol. The number of aliphatic hydroxyl groups is 1. The number of nitrogens with zero attached hydrogens (tertiary/aromatic N) is 1. The predicted octanol–water partition coefficient (Wildman–Crippen LogP) is 3.56. The SMILES string of the molecule is CCCCOC(=O)N1CCC(O)(c2ccc(Cl)cc2)CC1. The van der Waals surface area contributed by atoms with E-state index in [2.05, 4.69) is 6.92 Å². The molecule has 1 fully saturated rings. The summed E-state index contributed by atoms with van der Waals surface area (Å²) in [4.78, 5) is 13.5. The summed E-state index contributed by atoms with van der Waals surface area (Å²) < 4.78 is 5.20. The molecule has 1 N–H and O–H groups in total. The van der Waals surface area contributed by atoms with Crippen molar-refractivity contribution in [2.24, 2.45) is 0 Å². The van der Waals surface area contributed by atoms with Gasteiger partial charge in [-0.05, 0) is 37.0 Å². The first-order valence-corrected chi connectivity index (χ1v) is 7.83. The highest BCUT2D eigenvalue weighted by molar-refractivity contribution is 6.30. The Morgan fingerprint density at radius 3 is 2.52 bits per heavy atom. The molecular formula is C16H22ClNO3. The molecule has 1 saturated heterocycles. The molecule has 0 bridgehead atoms. The Bertz CT molecular complexity index is 467. The normalized spacial score (nSPS) is 17.6. The van der Waals surface area contributed by atoms with E-state index < -0.39 is 5.60 Å². The summed E-state index contributed by atoms with van der Waals surface area (Å²) in [5.74, 6) is 0. The lowest BCUT2D eigenvalue weighted by molar-refractivity contribution is -0.0248. The van der Waals surface area contributed by atoms with Crippen LogP contribution in [-0.4, -0.2) is 35.8 Å². The van der Waals surface area contributed by atoms with E-state index in [0.717, 1.165) is 18.4 Å². The summed E-state index contributed by atoms with van der Waals surface area (Å²) in [6, 6.07) is 7.25. The van der Waals surface area contributed by atoms with Crippen LogP contribution in [0.4, 0.5) is 4.79 Å². The van der Waals surface area contributed by atoms with Gasteiger partial charge in [0.2, 0.25) is 0 Å². The number of halogens is 1. The molecule has 1 aliphatic heterocycles. The van der Waals surface area contributed by atoms with Crippen LogP contribution in [0.2, 0.25) is 5.02 Å². The van der Waals surface area contributed by atoms with Crippen LogP contribution in [0.1, 0.15) is 38.2 Å². The maximum atomic E-state index is 11.9. The molecule has 1 aromatic rings. The van der Waals surface area contributed by atoms with Crippen LogP contribution in [0.15, 0.2) is 24.3 Å². The van der Waals surface area contributed by atoms with Crippen molar-refractivity contribution in [1.82, 2.24) is 4.90 Å². The van der Waals surface area contributed by atoms with Crippen molar-refractivity contribution < 1.29 is 14.6 Å². The zero-order valence-corrected chi connectivity index (χ0v) is 13.1. The maximum absolute atomic E-state index is 11.9. The highest BCUT2D eigenvalue weighted by atomic mass is 35.5. The molecule has 116 valence electrons. The van der Waals surface area contributed by atoms with Gasteiger partial charge >= 0.3 is 6.09 Å². The van der Waals surface area contributed by atoms with E-state index in [1.165, 1.54) is 0 Å². The first-order valence-electron chi connectivity index (χ1n) is 7.45. The van der Waals surface area contributed by atoms with Crippen molar-refractivity contribution in [2.75, 3.05) is 19.7 Å². The number of hydrogen-bond donors (Lipinski definition) is 1. The van der Waals surface area contributed by atoms with Crippen LogP contribution in [0.5, 0.6) is 0 Å². The van der Waals surface area contributed by atoms with Gasteiger partial charge in [-0.1, -0.05) is 37.1 Å². The van der Waals surface area contributed by atoms with Crippen molar-refractivity contribution >= 4 is 17.7 Å². The molecule has 0 unspecified atom stereocenters. The Morgan fingerprint density at radius 1 is 1.33 bits per heavy atom. The fourth-order valence-electron chi connectivity index (χ4n) is 2.50. The fraction of sp³-hybridized carbons (Fsp3) is 0.562. The number of ether oxygens (including phenoxy) is 1. The van der Waals surface area contributed by atoms with Gasteiger partial charge in [0.25, 0.3) is 0 Å². The Hall–Kier alpha value is -1.26. The summed E-state index contributed by atoms with van der Waals surface area (Å²) in [6.07, 6.45) is 2.63. The Labute approximate surface area is 130 Å². The molecular weight excluding hydrogens is 290 g/mol. The van der Waals surface area contributed by atoms with Gasteiger partial charge in [0.05, 0.1) is 12.2 Å². The lowest BCUT2D eigenvalue weighted by Gasteiger charge is -2.38. The second kappa shape index (κ2) is 7.14. The van der Waals surface area contributed by atoms with E-state index in [1.54, 1.807) is 17.0 Å². The predicted molar refractivity (Wildman–Crippen MR) is 82.4 cm³/mol. The third kappa shape index (κ3) is 4.11. The summed E-state index contributed by atoms with van der Waals surface area (Å²) in [5, 5.41) is 11.4. The first-order chi connectivity index (χ1) is 10.0. The lowest BCUT2D eigenvalue weighted by Crippen LogP contribution is -2.45. The van der Waals surface area contributed by atoms with Crippen LogP contribution < -0.4 is 0 Å². The molecule has 1 heterocycles. The average molecular weight is 312 g/mol. The lowest BCUT2D eigenvalue weighted by atomic mass is 9.84. The zero-order chi connectivity index (χ0) is 15.3. The molecule has 21 heavy (non-hydrogen) atoms. The number of carbonyl (C=O) groups excluding carboxylic acids is 1. The zero-order valence-electron chi connectivity index (χ0n) is 12.3. The highest BCUT2D eigenvalue weighted by Gasteiger charge is 2.35. The topological polar surface area (TPSA) is 49.8 Å². The van der Waals surface area contributed by atoms with Gasteiger partial charge in [-0.3, -0.25) is 0 Å². The third-order valence-corrected chi connectivity index (χ3v) is 4.21. The van der Waals surface area contributed by atoms with Crippen LogP contribution in [-0.2, 0) is 10.3 Å². The molecule has 0 aliphatic carbocycles. The third-order valence-electron chi connectivity index (χ3n) is 3.95. The molecule has 4 nitrogen and oxygen atoms in total. The number of benzene rings is 1. The fourth-order valence-corrected chi connectivity index (χ4v) is 2.63. The van der Waals surface area contributed by atoms with Gasteiger partial charge in [-0.2, -0.15) is 0 Å². The average Bonchev–Trinajstić information content (AvgIpc) is 2.48. The van der Waals surface area contributed by atoms with Crippen LogP contribution >= 0.6 is 11.6 Å². The van der Waals surface area contributed by atoms with E-state index in [-0.39, 0.29) is 6.09 Å². The quantitative estimate of drug-likeness (QED) is 0.865. The van der Waals surface area contributed by atoms with E-state index in [0.29, 0.717) is 37.6 Å². The van der Waals surface area contributed by atoms with Crippen molar-refractivity contribution in [3.63, 3.8) is 0 Å². The summed E-state index contributed by atoms with van der Waals surface area (Å²) in [6.45, 7) is 3.53. The van der Waals surface area contributed by atoms with Crippen LogP contribution in [0.3, 0.4) is 0 Å². The molecule has 0 radical (unpaired) electrons. The van der Waals surface area contributed by atoms with Crippen molar-refractivity contribution in [1.29, 1.82) is 0 Å². The Morgan fingerprint density at radius 2 is 1.95 bits per heavy atom. The number of carbonyl (C=O) groups is 1. The molecule has 0 spiro atoms. The molecule has 1 amide bonds. The van der Waals surface area contributed by atoms with Crippen LogP contribution in [0, 0.1) is 0 Å². The molecule has 0 saturated carbocycles. The standard InChI is InChI=1S/C16H22ClNO3/c1-2-3-12-21-15(19)18-10-8-16(20,9-11-18)13-4-6-14(17)7-5-13/h4-7,20H,2-3,8-12H2,1H3. The molecule has 5 heteroatoms. The molecule has 0 aromatic heterocycles. The number of rotatable bonds is 4. The minimum absolute atomic E-state index is 0.276. The molecule has 1 aromatic carbocycles. The number of likely N-dealkylation sites (tertiary alicyclic amines) is 1. The summed E-state index contributed by atoms with van der Waals surface area (Å²) >= 11 is 5.87. The van der Waals surface area contributed by atoms with Crippen LogP contribution in [0.25, 0.3) is 0 Å². The smallest absolute Gasteiger partial charge is 0.409 e. The van der Waals surface area contributed by atoms with E-state index in [4.69, 9.17) is 16.3 Å². The number of piperidine rings is 1. The largest absolute Gasteiger partial charge is 0.449 e. The van der Waals surface area contributed by atoms with Crippen molar-refractivity contribution in [3.05, 3.63) is 34.9 Å². The minimum atomic E-state index is -0.884. The summed E-state index contributed by atoms with van der Waals surface area (Å²) in [7, 11) is 0. The number of amides is 1. The van der Waals surface area contributed by atoms with E-state index in [1.807, 2.05) is 12.1 Å². The second-order valence-electron chi connectivity index (χ2n) is 5.49. The van der Waals surface area contributed by atoms with Crippen molar-refractivity contribution in [2.45, 2.75) is 38.2 Å². The number of unbranched alkanes of at least 4 members (excludes halogenated alkanes) is 1. The molecule has 0 atom stereocenters. The minimum Gasteiger partial charge on any atom is -0.449 e. The first kappa shape index (κ1) is 16.1. The maximum Gasteiger partial charge on any atom is 0.409 e. The van der Waals surface area contributed by atoms with Gasteiger partial charge < -0.3 is 14.7 Å². The second-order valence-corrected chi connectivity index (χ2v) is 5.93. The van der Waals surface area contributed by atoms with E-state index >= 15 is 0 Å². The Kier molecular flexibility index (Phi) is 5.48. The molecule has 1 aliphatic rings. The molecule has 2 rings (SSSR count). The van der Waals surface area contributed by atoms with Gasteiger partial charge in [-0.15, -0.1) is 0 Å². The van der Waals surface area contributed by atoms with E-state index in [9.17, 15) is 9.90 Å². The van der Waals surface area contributed by atoms with Crippen molar-refractivity contribution in [3.8, 4) is 0 Å². The number of hydrogen-bond acceptors (Lipinski definition) is 3. The Balaban J connectivity index is 1.90. The van der Waals surface area contributed by atoms with Gasteiger partial charge in [0.15, 0.2) is 0 Å². The summed E-state index contributed by atoms with van der Waals surface area (Å²) in [5.41, 5.74) is -0.0315. The van der Waals surface area contributed by atoms with Gasteiger partial charge in [0.1, 0.15) is 0 Å². The highest BCUT2D eigenvalue weighted by Crippen LogP contribution is 2.33.